The molecule has 0 aliphatic carbocycles. The van der Waals surface area contributed by atoms with Crippen molar-refractivity contribution in [2.45, 2.75) is 25.4 Å². The van der Waals surface area contributed by atoms with E-state index in [1.54, 1.807) is 7.11 Å². The van der Waals surface area contributed by atoms with Gasteiger partial charge < -0.3 is 20.5 Å². The smallest absolute Gasteiger partial charge is 0.191 e. The second-order valence-corrected chi connectivity index (χ2v) is 5.04. The molecular weight excluding hydrogens is 381 g/mol. The molecule has 1 aromatic rings. The van der Waals surface area contributed by atoms with Crippen LogP contribution in [-0.4, -0.2) is 42.7 Å². The molecule has 1 atom stereocenters. The van der Waals surface area contributed by atoms with Crippen LogP contribution in [-0.2, 0) is 0 Å². The largest absolute Gasteiger partial charge is 0.497 e. The lowest BCUT2D eigenvalue weighted by atomic mass is 10.1. The van der Waals surface area contributed by atoms with E-state index in [4.69, 9.17) is 10.5 Å². The molecule has 6 heteroatoms. The second kappa shape index (κ2) is 9.09. The predicted octanol–water partition coefficient (Wildman–Crippen LogP) is 2.15. The quantitative estimate of drug-likeness (QED) is 0.458. The van der Waals surface area contributed by atoms with Gasteiger partial charge in [-0.15, -0.1) is 24.0 Å². The second-order valence-electron chi connectivity index (χ2n) is 5.04. The van der Waals surface area contributed by atoms with Crippen LogP contribution >= 0.6 is 24.0 Å². The van der Waals surface area contributed by atoms with Gasteiger partial charge in [0.25, 0.3) is 0 Å². The first-order chi connectivity index (χ1) is 9.70. The normalized spacial score (nSPS) is 17.0. The Morgan fingerprint density at radius 1 is 1.38 bits per heavy atom. The first-order valence-corrected chi connectivity index (χ1v) is 7.07. The lowest BCUT2D eigenvalue weighted by Crippen LogP contribution is -2.41. The van der Waals surface area contributed by atoms with Gasteiger partial charge in [0.1, 0.15) is 5.75 Å². The van der Waals surface area contributed by atoms with Crippen LogP contribution in [0.3, 0.4) is 0 Å². The number of ether oxygens (including phenoxy) is 1. The summed E-state index contributed by atoms with van der Waals surface area (Å²) in [7, 11) is 1.61. The summed E-state index contributed by atoms with van der Waals surface area (Å²) in [5, 5.41) is 10.2. The van der Waals surface area contributed by atoms with Crippen molar-refractivity contribution >= 4 is 29.9 Å². The number of halogens is 1. The lowest BCUT2D eigenvalue weighted by molar-refractivity contribution is 0.186. The molecule has 0 spiro atoms. The minimum Gasteiger partial charge on any atom is -0.497 e. The standard InChI is InChI=1S/C15H23N3O2.HI/c1-20-13-7-5-6-12(10-13)14(19)11-17-15(16)18-8-3-2-4-9-18;/h5-7,10,14,19H,2-4,8-9,11H2,1H3,(H2,16,17);1H. The van der Waals surface area contributed by atoms with Crippen molar-refractivity contribution in [2.24, 2.45) is 10.7 Å². The number of guanidine groups is 1. The summed E-state index contributed by atoms with van der Waals surface area (Å²) >= 11 is 0. The molecule has 1 aliphatic heterocycles. The Labute approximate surface area is 143 Å². The van der Waals surface area contributed by atoms with Gasteiger partial charge in [0.15, 0.2) is 5.96 Å². The van der Waals surface area contributed by atoms with Crippen molar-refractivity contribution in [3.8, 4) is 5.75 Å². The fraction of sp³-hybridized carbons (Fsp3) is 0.533. The van der Waals surface area contributed by atoms with Gasteiger partial charge in [-0.1, -0.05) is 12.1 Å². The molecule has 2 rings (SSSR count). The Morgan fingerprint density at radius 3 is 2.76 bits per heavy atom. The highest BCUT2D eigenvalue weighted by atomic mass is 127. The van der Waals surface area contributed by atoms with E-state index in [9.17, 15) is 5.11 Å². The Bertz CT molecular complexity index is 462. The Kier molecular flexibility index (Phi) is 7.81. The van der Waals surface area contributed by atoms with Crippen molar-refractivity contribution < 1.29 is 9.84 Å². The van der Waals surface area contributed by atoms with Crippen LogP contribution in [0.25, 0.3) is 0 Å². The highest BCUT2D eigenvalue weighted by Crippen LogP contribution is 2.19. The highest BCUT2D eigenvalue weighted by Gasteiger charge is 2.13. The first-order valence-electron chi connectivity index (χ1n) is 7.07. The monoisotopic (exact) mass is 405 g/mol. The van der Waals surface area contributed by atoms with Gasteiger partial charge in [-0.05, 0) is 37.0 Å². The SMILES string of the molecule is COc1cccc(C(O)CN=C(N)N2CCCCC2)c1.I. The average Bonchev–Trinajstić information content (AvgIpc) is 2.53. The Balaban J connectivity index is 0.00000220. The summed E-state index contributed by atoms with van der Waals surface area (Å²) < 4.78 is 5.15. The van der Waals surface area contributed by atoms with E-state index < -0.39 is 6.10 Å². The third kappa shape index (κ3) is 5.35. The molecule has 5 nitrogen and oxygen atoms in total. The number of hydrogen-bond donors (Lipinski definition) is 2. The van der Waals surface area contributed by atoms with Crippen LogP contribution in [0.1, 0.15) is 30.9 Å². The Morgan fingerprint density at radius 2 is 2.10 bits per heavy atom. The van der Waals surface area contributed by atoms with E-state index in [-0.39, 0.29) is 30.5 Å². The van der Waals surface area contributed by atoms with Gasteiger partial charge in [-0.2, -0.15) is 0 Å². The number of aliphatic hydroxyl groups is 1. The maximum atomic E-state index is 10.2. The van der Waals surface area contributed by atoms with Crippen molar-refractivity contribution in [1.29, 1.82) is 0 Å². The summed E-state index contributed by atoms with van der Waals surface area (Å²) in [6.07, 6.45) is 2.92. The zero-order valence-electron chi connectivity index (χ0n) is 12.4. The summed E-state index contributed by atoms with van der Waals surface area (Å²) in [6.45, 7) is 2.20. The number of nitrogens with zero attached hydrogens (tertiary/aromatic N) is 2. The van der Waals surface area contributed by atoms with Gasteiger partial charge in [0.05, 0.1) is 19.8 Å². The molecule has 0 radical (unpaired) electrons. The highest BCUT2D eigenvalue weighted by molar-refractivity contribution is 14.0. The fourth-order valence-corrected chi connectivity index (χ4v) is 2.36. The van der Waals surface area contributed by atoms with Crippen LogP contribution < -0.4 is 10.5 Å². The third-order valence-corrected chi connectivity index (χ3v) is 3.58. The predicted molar refractivity (Wildman–Crippen MR) is 95.3 cm³/mol. The van der Waals surface area contributed by atoms with E-state index in [0.29, 0.717) is 5.96 Å². The molecule has 1 aromatic carbocycles. The van der Waals surface area contributed by atoms with Gasteiger partial charge >= 0.3 is 0 Å². The average molecular weight is 405 g/mol. The van der Waals surface area contributed by atoms with E-state index in [2.05, 4.69) is 9.89 Å². The number of likely N-dealkylation sites (tertiary alicyclic amines) is 1. The number of aliphatic imine (C=N–C) groups is 1. The maximum Gasteiger partial charge on any atom is 0.191 e. The number of benzene rings is 1. The van der Waals surface area contributed by atoms with Gasteiger partial charge in [0, 0.05) is 13.1 Å². The first kappa shape index (κ1) is 18.0. The van der Waals surface area contributed by atoms with Crippen molar-refractivity contribution in [1.82, 2.24) is 4.90 Å². The number of nitrogens with two attached hydrogens (primary N) is 1. The minimum absolute atomic E-state index is 0. The molecule has 1 unspecified atom stereocenters. The van der Waals surface area contributed by atoms with Crippen LogP contribution in [0.5, 0.6) is 5.75 Å². The maximum absolute atomic E-state index is 10.2. The van der Waals surface area contributed by atoms with E-state index in [1.165, 1.54) is 6.42 Å². The van der Waals surface area contributed by atoms with Crippen molar-refractivity contribution in [2.75, 3.05) is 26.7 Å². The van der Waals surface area contributed by atoms with Crippen LogP contribution in [0.15, 0.2) is 29.3 Å². The van der Waals surface area contributed by atoms with E-state index in [0.717, 1.165) is 37.2 Å². The topological polar surface area (TPSA) is 71.1 Å². The van der Waals surface area contributed by atoms with Gasteiger partial charge in [0.2, 0.25) is 0 Å². The molecule has 0 aromatic heterocycles. The third-order valence-electron chi connectivity index (χ3n) is 3.58. The molecule has 118 valence electrons. The summed E-state index contributed by atoms with van der Waals surface area (Å²) in [6, 6.07) is 7.38. The molecule has 0 saturated carbocycles. The summed E-state index contributed by atoms with van der Waals surface area (Å²) in [5.41, 5.74) is 6.76. The molecule has 1 heterocycles. The molecule has 1 aliphatic rings. The number of methoxy groups -OCH3 is 1. The van der Waals surface area contributed by atoms with Crippen LogP contribution in [0.2, 0.25) is 0 Å². The molecular formula is C15H24IN3O2. The number of aliphatic hydroxyl groups excluding tert-OH is 1. The van der Waals surface area contributed by atoms with Crippen molar-refractivity contribution in [3.63, 3.8) is 0 Å². The van der Waals surface area contributed by atoms with Gasteiger partial charge in [-0.25, -0.2) is 0 Å². The summed E-state index contributed by atoms with van der Waals surface area (Å²) in [5.74, 6) is 1.26. The fourth-order valence-electron chi connectivity index (χ4n) is 2.36. The van der Waals surface area contributed by atoms with Gasteiger partial charge in [-0.3, -0.25) is 4.99 Å². The number of piperidine rings is 1. The molecule has 3 N–H and O–H groups in total. The molecule has 21 heavy (non-hydrogen) atoms. The Hall–Kier alpha value is -1.02. The zero-order chi connectivity index (χ0) is 14.4. The van der Waals surface area contributed by atoms with E-state index in [1.807, 2.05) is 24.3 Å². The van der Waals surface area contributed by atoms with Crippen molar-refractivity contribution in [3.05, 3.63) is 29.8 Å². The number of rotatable bonds is 4. The lowest BCUT2D eigenvalue weighted by Gasteiger charge is -2.27. The number of hydrogen-bond acceptors (Lipinski definition) is 3. The zero-order valence-corrected chi connectivity index (χ0v) is 14.7. The van der Waals surface area contributed by atoms with E-state index >= 15 is 0 Å². The minimum atomic E-state index is -0.659. The molecule has 0 amide bonds. The van der Waals surface area contributed by atoms with Crippen LogP contribution in [0.4, 0.5) is 0 Å². The van der Waals surface area contributed by atoms with Crippen LogP contribution in [0, 0.1) is 0 Å². The molecule has 1 saturated heterocycles. The summed E-state index contributed by atoms with van der Waals surface area (Å²) in [4.78, 5) is 6.39. The molecule has 1 fully saturated rings. The molecule has 0 bridgehead atoms.